The van der Waals surface area contributed by atoms with Crippen molar-refractivity contribution in [1.29, 1.82) is 0 Å². The number of aliphatic carboxylic acids is 1. The van der Waals surface area contributed by atoms with Gasteiger partial charge >= 0.3 is 24.0 Å². The summed E-state index contributed by atoms with van der Waals surface area (Å²) in [5.74, 6) is -2.12. The van der Waals surface area contributed by atoms with Gasteiger partial charge in [-0.25, -0.2) is 4.39 Å². The average molecular weight is 509 g/mol. The second-order valence-electron chi connectivity index (χ2n) is 10.0. The van der Waals surface area contributed by atoms with Crippen LogP contribution in [0, 0.1) is 17.8 Å². The zero-order valence-corrected chi connectivity index (χ0v) is 18.9. The molecule has 1 saturated carbocycles. The number of aryl methyl sites for hydroxylation is 1. The summed E-state index contributed by atoms with van der Waals surface area (Å²) in [6, 6.07) is 2.13. The van der Waals surface area contributed by atoms with Gasteiger partial charge in [-0.15, -0.1) is 0 Å². The second-order valence-corrected chi connectivity index (χ2v) is 10.0. The standard InChI is InChI=1S/C24H26F7NO3/c1-12-10-14(21(34)35)2-5-16(12)20(33)32-9-8-18-17-6-4-15(11-13(17)3-7-19(18)32)22(25,23(26,27)28)24(29,30)31/h4,6,11-12,14,16,18-19H,2-3,5,7-10H2,1H3,(H,34,35)/t12?,14?,16-,18+,19?/m1/s1. The summed E-state index contributed by atoms with van der Waals surface area (Å²) in [5, 5.41) is 9.25. The number of likely N-dealkylation sites (tertiary alicyclic amines) is 1. The Kier molecular flexibility index (Phi) is 6.37. The molecular weight excluding hydrogens is 483 g/mol. The molecule has 2 aliphatic carbocycles. The van der Waals surface area contributed by atoms with Crippen molar-refractivity contribution in [3.8, 4) is 0 Å². The molecule has 0 spiro atoms. The maximum absolute atomic E-state index is 14.5. The van der Waals surface area contributed by atoms with Crippen LogP contribution >= 0.6 is 0 Å². The molecule has 0 radical (unpaired) electrons. The maximum Gasteiger partial charge on any atom is 0.435 e. The van der Waals surface area contributed by atoms with Gasteiger partial charge in [0, 0.05) is 30.0 Å². The third-order valence-electron chi connectivity index (χ3n) is 8.10. The van der Waals surface area contributed by atoms with Crippen LogP contribution in [0.3, 0.4) is 0 Å². The van der Waals surface area contributed by atoms with Crippen LogP contribution in [0.15, 0.2) is 18.2 Å². The van der Waals surface area contributed by atoms with Crippen molar-refractivity contribution in [2.24, 2.45) is 17.8 Å². The normalized spacial score (nSPS) is 29.5. The number of rotatable bonds is 3. The fourth-order valence-electron chi connectivity index (χ4n) is 6.24. The van der Waals surface area contributed by atoms with Crippen molar-refractivity contribution in [1.82, 2.24) is 4.90 Å². The van der Waals surface area contributed by atoms with Crippen LogP contribution in [0.5, 0.6) is 0 Å². The number of amides is 1. The number of hydrogen-bond acceptors (Lipinski definition) is 2. The van der Waals surface area contributed by atoms with Gasteiger partial charge in [0.2, 0.25) is 5.91 Å². The Labute approximate surface area is 197 Å². The van der Waals surface area contributed by atoms with Crippen LogP contribution in [0.4, 0.5) is 30.7 Å². The summed E-state index contributed by atoms with van der Waals surface area (Å²) in [4.78, 5) is 26.4. The van der Waals surface area contributed by atoms with E-state index in [9.17, 15) is 45.4 Å². The highest BCUT2D eigenvalue weighted by Crippen LogP contribution is 2.54. The van der Waals surface area contributed by atoms with Crippen LogP contribution in [0.2, 0.25) is 0 Å². The third kappa shape index (κ3) is 4.18. The molecule has 3 unspecified atom stereocenters. The molecule has 2 fully saturated rings. The monoisotopic (exact) mass is 509 g/mol. The van der Waals surface area contributed by atoms with Crippen molar-refractivity contribution in [3.63, 3.8) is 0 Å². The summed E-state index contributed by atoms with van der Waals surface area (Å²) in [7, 11) is 0. The largest absolute Gasteiger partial charge is 0.481 e. The summed E-state index contributed by atoms with van der Waals surface area (Å²) >= 11 is 0. The van der Waals surface area contributed by atoms with Gasteiger partial charge < -0.3 is 10.0 Å². The molecule has 11 heteroatoms. The Morgan fingerprint density at radius 3 is 2.20 bits per heavy atom. The van der Waals surface area contributed by atoms with Gasteiger partial charge in [0.05, 0.1) is 5.92 Å². The van der Waals surface area contributed by atoms with Gasteiger partial charge in [-0.05, 0) is 55.6 Å². The maximum atomic E-state index is 14.5. The molecule has 1 heterocycles. The van der Waals surface area contributed by atoms with E-state index in [2.05, 4.69) is 0 Å². The highest BCUT2D eigenvalue weighted by Gasteiger charge is 2.73. The zero-order valence-electron chi connectivity index (χ0n) is 18.9. The fourth-order valence-corrected chi connectivity index (χ4v) is 6.24. The first-order chi connectivity index (χ1) is 16.2. The number of nitrogens with zero attached hydrogens (tertiary/aromatic N) is 1. The van der Waals surface area contributed by atoms with E-state index in [0.29, 0.717) is 56.3 Å². The van der Waals surface area contributed by atoms with Gasteiger partial charge in [0.15, 0.2) is 0 Å². The topological polar surface area (TPSA) is 57.6 Å². The summed E-state index contributed by atoms with van der Waals surface area (Å²) in [6.07, 6.45) is -10.1. The molecule has 4 nitrogen and oxygen atoms in total. The number of carbonyl (C=O) groups is 2. The molecule has 3 aliphatic rings. The molecule has 5 atom stereocenters. The molecule has 0 bridgehead atoms. The highest BCUT2D eigenvalue weighted by atomic mass is 19.4. The first kappa shape index (κ1) is 25.8. The molecule has 35 heavy (non-hydrogen) atoms. The van der Waals surface area contributed by atoms with E-state index in [1.807, 2.05) is 6.92 Å². The predicted octanol–water partition coefficient (Wildman–Crippen LogP) is 5.74. The Bertz CT molecular complexity index is 992. The molecule has 1 aromatic carbocycles. The number of carbonyl (C=O) groups excluding carboxylic acids is 1. The SMILES string of the molecule is CC1CC(C(=O)O)CC[C@H]1C(=O)N1CC[C@H]2c3ccc(C(F)(C(F)(F)F)C(F)(F)F)cc3CCC21. The minimum absolute atomic E-state index is 0.0779. The number of hydrogen-bond donors (Lipinski definition) is 1. The van der Waals surface area contributed by atoms with Gasteiger partial charge in [-0.2, -0.15) is 26.3 Å². The molecule has 1 saturated heterocycles. The molecule has 4 rings (SSSR count). The Hall–Kier alpha value is -2.33. The van der Waals surface area contributed by atoms with Crippen molar-refractivity contribution >= 4 is 11.9 Å². The highest BCUT2D eigenvalue weighted by molar-refractivity contribution is 5.81. The van der Waals surface area contributed by atoms with E-state index >= 15 is 0 Å². The Morgan fingerprint density at radius 1 is 0.971 bits per heavy atom. The van der Waals surface area contributed by atoms with Crippen molar-refractivity contribution in [3.05, 3.63) is 34.9 Å². The zero-order chi connectivity index (χ0) is 25.9. The van der Waals surface area contributed by atoms with Crippen molar-refractivity contribution < 1.29 is 45.4 Å². The molecule has 1 N–H and O–H groups in total. The van der Waals surface area contributed by atoms with Gasteiger partial charge in [-0.1, -0.05) is 25.1 Å². The number of carboxylic acid groups (broad SMARTS) is 1. The first-order valence-electron chi connectivity index (χ1n) is 11.7. The van der Waals surface area contributed by atoms with E-state index < -0.39 is 35.5 Å². The number of carboxylic acids is 1. The molecule has 194 valence electrons. The second kappa shape index (κ2) is 8.65. The third-order valence-corrected chi connectivity index (χ3v) is 8.10. The van der Waals surface area contributed by atoms with Crippen LogP contribution < -0.4 is 0 Å². The smallest absolute Gasteiger partial charge is 0.435 e. The van der Waals surface area contributed by atoms with Gasteiger partial charge in [0.1, 0.15) is 0 Å². The van der Waals surface area contributed by atoms with Crippen LogP contribution in [0.25, 0.3) is 0 Å². The molecule has 1 aromatic rings. The molecule has 0 aromatic heterocycles. The number of benzene rings is 1. The average Bonchev–Trinajstić information content (AvgIpc) is 3.20. The Morgan fingerprint density at radius 2 is 1.63 bits per heavy atom. The van der Waals surface area contributed by atoms with Crippen LogP contribution in [-0.4, -0.2) is 46.8 Å². The van der Waals surface area contributed by atoms with Gasteiger partial charge in [0.25, 0.3) is 0 Å². The summed E-state index contributed by atoms with van der Waals surface area (Å²) < 4.78 is 93.6. The Balaban J connectivity index is 1.55. The van der Waals surface area contributed by atoms with Crippen molar-refractivity contribution in [2.75, 3.05) is 6.54 Å². The molecular formula is C24H26F7NO3. The van der Waals surface area contributed by atoms with Crippen molar-refractivity contribution in [2.45, 2.75) is 75.4 Å². The summed E-state index contributed by atoms with van der Waals surface area (Å²) in [6.45, 7) is 2.26. The number of fused-ring (bicyclic) bond motifs is 3. The minimum Gasteiger partial charge on any atom is -0.481 e. The van der Waals surface area contributed by atoms with E-state index in [1.165, 1.54) is 0 Å². The lowest BCUT2D eigenvalue weighted by atomic mass is 9.73. The number of halogens is 7. The van der Waals surface area contributed by atoms with E-state index in [4.69, 9.17) is 0 Å². The lowest BCUT2D eigenvalue weighted by molar-refractivity contribution is -0.348. The first-order valence-corrected chi connectivity index (χ1v) is 11.7. The van der Waals surface area contributed by atoms with E-state index in [0.717, 1.165) is 6.07 Å². The van der Waals surface area contributed by atoms with E-state index in [-0.39, 0.29) is 41.7 Å². The number of alkyl halides is 7. The lowest BCUT2D eigenvalue weighted by Crippen LogP contribution is -2.50. The van der Waals surface area contributed by atoms with E-state index in [1.54, 1.807) is 4.90 Å². The quantitative estimate of drug-likeness (QED) is 0.529. The fraction of sp³-hybridized carbons (Fsp3) is 0.667. The van der Waals surface area contributed by atoms with Crippen LogP contribution in [-0.2, 0) is 21.7 Å². The predicted molar refractivity (Wildman–Crippen MR) is 110 cm³/mol. The minimum atomic E-state index is -6.16. The molecule has 1 aliphatic heterocycles. The lowest BCUT2D eigenvalue weighted by Gasteiger charge is -2.39. The van der Waals surface area contributed by atoms with Crippen LogP contribution in [0.1, 0.15) is 61.6 Å². The van der Waals surface area contributed by atoms with Gasteiger partial charge in [-0.3, -0.25) is 9.59 Å². The summed E-state index contributed by atoms with van der Waals surface area (Å²) in [5.41, 5.74) is -6.16. The molecule has 1 amide bonds.